The summed E-state index contributed by atoms with van der Waals surface area (Å²) in [4.78, 5) is 5.89. The maximum absolute atomic E-state index is 13.0. The number of fused-ring (bicyclic) bond motifs is 1. The van der Waals surface area contributed by atoms with Gasteiger partial charge in [0, 0.05) is 29.1 Å². The van der Waals surface area contributed by atoms with Gasteiger partial charge in [-0.05, 0) is 54.1 Å². The van der Waals surface area contributed by atoms with Crippen LogP contribution in [0.5, 0.6) is 11.5 Å². The number of benzene rings is 3. The van der Waals surface area contributed by atoms with E-state index >= 15 is 0 Å². The van der Waals surface area contributed by atoms with E-state index in [4.69, 9.17) is 30.8 Å². The van der Waals surface area contributed by atoms with Crippen LogP contribution in [0.25, 0.3) is 11.3 Å². The Morgan fingerprint density at radius 2 is 1.74 bits per heavy atom. The molecule has 3 heterocycles. The van der Waals surface area contributed by atoms with Crippen LogP contribution in [0, 0.1) is 0 Å². The summed E-state index contributed by atoms with van der Waals surface area (Å²) in [5, 5.41) is 2.70. The molecule has 0 radical (unpaired) electrons. The van der Waals surface area contributed by atoms with Crippen LogP contribution in [0.15, 0.2) is 82.0 Å². The summed E-state index contributed by atoms with van der Waals surface area (Å²) in [6.07, 6.45) is 0. The highest BCUT2D eigenvalue weighted by Gasteiger charge is 2.26. The first-order valence-electron chi connectivity index (χ1n) is 12.0. The van der Waals surface area contributed by atoms with E-state index in [1.165, 1.54) is 15.6 Å². The van der Waals surface area contributed by atoms with Gasteiger partial charge < -0.3 is 18.8 Å². The van der Waals surface area contributed by atoms with Crippen molar-refractivity contribution >= 4 is 38.6 Å². The Labute approximate surface area is 229 Å². The summed E-state index contributed by atoms with van der Waals surface area (Å²) in [5.41, 5.74) is 3.64. The molecule has 1 fully saturated rings. The second kappa shape index (κ2) is 10.5. The van der Waals surface area contributed by atoms with E-state index < -0.39 is 10.0 Å². The van der Waals surface area contributed by atoms with E-state index in [1.807, 2.05) is 42.5 Å². The van der Waals surface area contributed by atoms with Gasteiger partial charge in [0.05, 0.1) is 36.0 Å². The largest absolute Gasteiger partial charge is 0.454 e. The Bertz CT molecular complexity index is 1640. The van der Waals surface area contributed by atoms with E-state index in [2.05, 4.69) is 9.95 Å². The zero-order valence-corrected chi connectivity index (χ0v) is 22.6. The van der Waals surface area contributed by atoms with Gasteiger partial charge in [-0.2, -0.15) is 4.31 Å². The van der Waals surface area contributed by atoms with Gasteiger partial charge in [0.1, 0.15) is 0 Å². The zero-order valence-electron chi connectivity index (χ0n) is 20.2. The van der Waals surface area contributed by atoms with E-state index in [-0.39, 0.29) is 11.7 Å². The molecule has 1 saturated heterocycles. The van der Waals surface area contributed by atoms with Crippen LogP contribution in [-0.2, 0) is 21.3 Å². The average Bonchev–Trinajstić information content (AvgIpc) is 3.56. The van der Waals surface area contributed by atoms with Crippen LogP contribution in [0.2, 0.25) is 5.02 Å². The Kier molecular flexibility index (Phi) is 6.98. The number of aromatic nitrogens is 1. The Morgan fingerprint density at radius 1 is 0.947 bits per heavy atom. The normalized spacial score (nSPS) is 16.2. The van der Waals surface area contributed by atoms with Crippen LogP contribution in [0.3, 0.4) is 0 Å². The summed E-state index contributed by atoms with van der Waals surface area (Å²) in [5.74, 6) is 1.45. The first-order valence-corrected chi connectivity index (χ1v) is 14.7. The predicted octanol–water partition coefficient (Wildman–Crippen LogP) is 4.90. The highest BCUT2D eigenvalue weighted by atomic mass is 35.5. The molecule has 8 nitrogen and oxygen atoms in total. The first-order chi connectivity index (χ1) is 18.5. The van der Waals surface area contributed by atoms with Crippen molar-refractivity contribution in [2.24, 2.45) is 4.99 Å². The van der Waals surface area contributed by atoms with Crippen molar-refractivity contribution in [3.05, 3.63) is 87.5 Å². The molecule has 0 saturated carbocycles. The molecule has 2 aliphatic rings. The second-order valence-corrected chi connectivity index (χ2v) is 12.0. The Balaban J connectivity index is 1.37. The molecule has 0 aliphatic carbocycles. The molecule has 0 N–H and O–H groups in total. The fraction of sp³-hybridized carbons (Fsp3) is 0.222. The van der Waals surface area contributed by atoms with Crippen LogP contribution in [0.1, 0.15) is 5.56 Å². The van der Waals surface area contributed by atoms with Crippen LogP contribution in [0.4, 0.5) is 5.69 Å². The Hall–Kier alpha value is -3.15. The monoisotopic (exact) mass is 569 g/mol. The summed E-state index contributed by atoms with van der Waals surface area (Å²) in [6, 6.07) is 20.3. The van der Waals surface area contributed by atoms with Gasteiger partial charge in [-0.1, -0.05) is 29.8 Å². The lowest BCUT2D eigenvalue weighted by Gasteiger charge is -2.26. The second-order valence-electron chi connectivity index (χ2n) is 8.81. The number of thiazole rings is 1. The SMILES string of the molecule is O=S(=O)(c1ccc(N=c2scc(-c3cccc(Cl)c3)n2Cc2ccc3c(c2)OCO3)cc1)N1CCOCC1. The third-order valence-corrected chi connectivity index (χ3v) is 9.38. The molecule has 0 atom stereocenters. The summed E-state index contributed by atoms with van der Waals surface area (Å²) < 4.78 is 45.9. The maximum Gasteiger partial charge on any atom is 0.243 e. The smallest absolute Gasteiger partial charge is 0.243 e. The Morgan fingerprint density at radius 3 is 2.53 bits per heavy atom. The van der Waals surface area contributed by atoms with Gasteiger partial charge in [-0.25, -0.2) is 13.4 Å². The number of hydrogen-bond donors (Lipinski definition) is 0. The molecular weight excluding hydrogens is 546 g/mol. The molecule has 196 valence electrons. The van der Waals surface area contributed by atoms with Crippen molar-refractivity contribution in [2.75, 3.05) is 33.1 Å². The minimum Gasteiger partial charge on any atom is -0.454 e. The molecule has 38 heavy (non-hydrogen) atoms. The number of halogens is 1. The van der Waals surface area contributed by atoms with Crippen molar-refractivity contribution < 1.29 is 22.6 Å². The van der Waals surface area contributed by atoms with Crippen molar-refractivity contribution in [1.82, 2.24) is 8.87 Å². The molecule has 0 bridgehead atoms. The lowest BCUT2D eigenvalue weighted by Crippen LogP contribution is -2.40. The van der Waals surface area contributed by atoms with Crippen molar-refractivity contribution in [2.45, 2.75) is 11.4 Å². The average molecular weight is 570 g/mol. The highest BCUT2D eigenvalue weighted by Crippen LogP contribution is 2.33. The third kappa shape index (κ3) is 5.10. The van der Waals surface area contributed by atoms with Crippen molar-refractivity contribution in [3.8, 4) is 22.8 Å². The minimum absolute atomic E-state index is 0.218. The third-order valence-electron chi connectivity index (χ3n) is 6.37. The van der Waals surface area contributed by atoms with Crippen molar-refractivity contribution in [3.63, 3.8) is 0 Å². The van der Waals surface area contributed by atoms with Gasteiger partial charge in [-0.3, -0.25) is 0 Å². The fourth-order valence-electron chi connectivity index (χ4n) is 4.41. The molecule has 1 aromatic heterocycles. The summed E-state index contributed by atoms with van der Waals surface area (Å²) in [7, 11) is -3.57. The molecular formula is C27H24ClN3O5S2. The number of hydrogen-bond acceptors (Lipinski definition) is 7. The lowest BCUT2D eigenvalue weighted by atomic mass is 10.1. The molecule has 11 heteroatoms. The number of morpholine rings is 1. The van der Waals surface area contributed by atoms with E-state index in [0.717, 1.165) is 33.1 Å². The number of rotatable bonds is 6. The molecule has 6 rings (SSSR count). The molecule has 0 amide bonds. The summed E-state index contributed by atoms with van der Waals surface area (Å²) >= 11 is 7.80. The van der Waals surface area contributed by atoms with Gasteiger partial charge in [-0.15, -0.1) is 11.3 Å². The summed E-state index contributed by atoms with van der Waals surface area (Å²) in [6.45, 7) is 2.29. The number of sulfonamides is 1. The number of nitrogens with zero attached hydrogens (tertiary/aromatic N) is 3. The highest BCUT2D eigenvalue weighted by molar-refractivity contribution is 7.89. The molecule has 4 aromatic rings. The van der Waals surface area contributed by atoms with E-state index in [0.29, 0.717) is 43.6 Å². The van der Waals surface area contributed by atoms with Crippen LogP contribution in [-0.4, -0.2) is 50.4 Å². The standard InChI is InChI=1S/C27H24ClN3O5S2/c28-21-3-1-2-20(15-21)24-17-37-27(31(24)16-19-4-9-25-26(14-19)36-18-35-25)29-22-5-7-23(8-6-22)38(32,33)30-10-12-34-13-11-30/h1-9,14-15,17H,10-13,16,18H2. The van der Waals surface area contributed by atoms with Gasteiger partial charge in [0.15, 0.2) is 16.3 Å². The van der Waals surface area contributed by atoms with Gasteiger partial charge in [0.2, 0.25) is 16.8 Å². The topological polar surface area (TPSA) is 82.4 Å². The number of ether oxygens (including phenoxy) is 3. The fourth-order valence-corrected chi connectivity index (χ4v) is 6.94. The van der Waals surface area contributed by atoms with Gasteiger partial charge >= 0.3 is 0 Å². The maximum atomic E-state index is 13.0. The molecule has 0 spiro atoms. The quantitative estimate of drug-likeness (QED) is 0.330. The molecule has 0 unspecified atom stereocenters. The molecule has 2 aliphatic heterocycles. The zero-order chi connectivity index (χ0) is 26.1. The van der Waals surface area contributed by atoms with E-state index in [1.54, 1.807) is 24.3 Å². The van der Waals surface area contributed by atoms with Crippen molar-refractivity contribution in [1.29, 1.82) is 0 Å². The minimum atomic E-state index is -3.57. The molecule has 3 aromatic carbocycles. The first kappa shape index (κ1) is 25.1. The van der Waals surface area contributed by atoms with Crippen LogP contribution >= 0.6 is 22.9 Å². The van der Waals surface area contributed by atoms with Gasteiger partial charge in [0.25, 0.3) is 0 Å². The van der Waals surface area contributed by atoms with E-state index in [9.17, 15) is 8.42 Å². The lowest BCUT2D eigenvalue weighted by molar-refractivity contribution is 0.0730. The van der Waals surface area contributed by atoms with Crippen LogP contribution < -0.4 is 14.3 Å². The predicted molar refractivity (Wildman–Crippen MR) is 146 cm³/mol.